The fourth-order valence-corrected chi connectivity index (χ4v) is 5.01. The van der Waals surface area contributed by atoms with Crippen LogP contribution in [0, 0.1) is 0 Å². The molecule has 1 atom stereocenters. The van der Waals surface area contributed by atoms with Gasteiger partial charge < -0.3 is 20.4 Å². The molecule has 1 aliphatic heterocycles. The molecule has 0 fully saturated rings. The molecule has 27 heavy (non-hydrogen) atoms. The van der Waals surface area contributed by atoms with Gasteiger partial charge in [-0.15, -0.1) is 11.3 Å². The van der Waals surface area contributed by atoms with Gasteiger partial charge in [-0.25, -0.2) is 0 Å². The van der Waals surface area contributed by atoms with Gasteiger partial charge in [-0.2, -0.15) is 0 Å². The van der Waals surface area contributed by atoms with Gasteiger partial charge in [-0.3, -0.25) is 4.79 Å². The zero-order valence-corrected chi connectivity index (χ0v) is 17.6. The molecular weight excluding hydrogens is 450 g/mol. The second kappa shape index (κ2) is 8.22. The fraction of sp³-hybridized carbons (Fsp3) is 0.316. The van der Waals surface area contributed by atoms with Crippen molar-refractivity contribution in [2.24, 2.45) is 0 Å². The van der Waals surface area contributed by atoms with Gasteiger partial charge in [0.1, 0.15) is 11.6 Å². The van der Waals surface area contributed by atoms with Gasteiger partial charge in [0.25, 0.3) is 0 Å². The average molecular weight is 469 g/mol. The molecule has 0 aliphatic carbocycles. The van der Waals surface area contributed by atoms with Gasteiger partial charge in [0.2, 0.25) is 5.43 Å². The zero-order chi connectivity index (χ0) is 18.8. The van der Waals surface area contributed by atoms with Gasteiger partial charge in [0.15, 0.2) is 0 Å². The number of halogens is 2. The van der Waals surface area contributed by atoms with Gasteiger partial charge in [0, 0.05) is 35.7 Å². The van der Waals surface area contributed by atoms with Crippen LogP contribution in [0.4, 0.5) is 5.82 Å². The van der Waals surface area contributed by atoms with Crippen LogP contribution in [-0.4, -0.2) is 24.7 Å². The van der Waals surface area contributed by atoms with E-state index in [2.05, 4.69) is 31.5 Å². The number of thiophene rings is 1. The first-order chi connectivity index (χ1) is 13.1. The normalized spacial score (nSPS) is 16.1. The van der Waals surface area contributed by atoms with E-state index in [1.165, 1.54) is 11.3 Å². The van der Waals surface area contributed by atoms with Crippen LogP contribution in [-0.2, 0) is 0 Å². The maximum absolute atomic E-state index is 12.0. The highest BCUT2D eigenvalue weighted by Gasteiger charge is 2.23. The smallest absolute Gasteiger partial charge is 0.201 e. The highest BCUT2D eigenvalue weighted by atomic mass is 79.9. The summed E-state index contributed by atoms with van der Waals surface area (Å²) < 4.78 is 7.44. The number of hydrogen-bond donors (Lipinski definition) is 3. The Hall–Kier alpha value is -1.54. The molecule has 0 amide bonds. The van der Waals surface area contributed by atoms with Gasteiger partial charge >= 0.3 is 0 Å². The third-order valence-electron chi connectivity index (χ3n) is 4.56. The van der Waals surface area contributed by atoms with Crippen molar-refractivity contribution in [3.8, 4) is 5.75 Å². The average Bonchev–Trinajstić information content (AvgIpc) is 3.11. The van der Waals surface area contributed by atoms with E-state index in [0.29, 0.717) is 11.6 Å². The first kappa shape index (κ1) is 18.8. The van der Waals surface area contributed by atoms with E-state index in [0.717, 1.165) is 57.8 Å². The van der Waals surface area contributed by atoms with Crippen LogP contribution >= 0.6 is 38.9 Å². The second-order valence-corrected chi connectivity index (χ2v) is 8.65. The Bertz CT molecular complexity index is 1020. The van der Waals surface area contributed by atoms with Crippen molar-refractivity contribution in [1.29, 1.82) is 0 Å². The van der Waals surface area contributed by atoms with E-state index in [1.54, 1.807) is 6.07 Å². The van der Waals surface area contributed by atoms with E-state index in [4.69, 9.17) is 16.3 Å². The summed E-state index contributed by atoms with van der Waals surface area (Å²) in [5, 5.41) is 9.51. The Balaban J connectivity index is 1.31. The Morgan fingerprint density at radius 3 is 3.11 bits per heavy atom. The lowest BCUT2D eigenvalue weighted by Gasteiger charge is -2.28. The highest BCUT2D eigenvalue weighted by Crippen LogP contribution is 2.40. The Kier molecular flexibility index (Phi) is 5.73. The first-order valence-electron chi connectivity index (χ1n) is 8.81. The highest BCUT2D eigenvalue weighted by molar-refractivity contribution is 9.10. The number of ether oxygens (including phenoxy) is 1. The summed E-state index contributed by atoms with van der Waals surface area (Å²) in [4.78, 5) is 15.3. The lowest BCUT2D eigenvalue weighted by atomic mass is 10.0. The molecule has 1 aromatic carbocycles. The van der Waals surface area contributed by atoms with Crippen LogP contribution < -0.4 is 20.8 Å². The van der Waals surface area contributed by atoms with Crippen LogP contribution in [0.5, 0.6) is 5.75 Å². The van der Waals surface area contributed by atoms with Crippen LogP contribution in [0.3, 0.4) is 0 Å². The minimum absolute atomic E-state index is 0.0562. The summed E-state index contributed by atoms with van der Waals surface area (Å²) in [5.74, 6) is 1.64. The number of nitrogens with one attached hydrogen (secondary N) is 3. The van der Waals surface area contributed by atoms with Crippen molar-refractivity contribution in [1.82, 2.24) is 10.3 Å². The molecule has 142 valence electrons. The molecule has 1 aliphatic rings. The van der Waals surface area contributed by atoms with Crippen LogP contribution in [0.15, 0.2) is 38.9 Å². The number of fused-ring (bicyclic) bond motifs is 2. The minimum atomic E-state index is 0.0562. The predicted octanol–water partition coefficient (Wildman–Crippen LogP) is 4.92. The summed E-state index contributed by atoms with van der Waals surface area (Å²) in [5.41, 5.74) is 2.04. The second-order valence-electron chi connectivity index (χ2n) is 6.44. The number of aromatic nitrogens is 1. The van der Waals surface area contributed by atoms with Crippen molar-refractivity contribution >= 4 is 54.9 Å². The summed E-state index contributed by atoms with van der Waals surface area (Å²) in [6.45, 7) is 2.31. The summed E-state index contributed by atoms with van der Waals surface area (Å²) in [6, 6.07) is 7.61. The maximum atomic E-state index is 12.0. The summed E-state index contributed by atoms with van der Waals surface area (Å²) in [6.07, 6.45) is 1.84. The van der Waals surface area contributed by atoms with Crippen LogP contribution in [0.1, 0.15) is 24.4 Å². The summed E-state index contributed by atoms with van der Waals surface area (Å²) in [7, 11) is 0. The fourth-order valence-electron chi connectivity index (χ4n) is 3.30. The number of aromatic amines is 1. The molecule has 0 bridgehead atoms. The molecule has 3 N–H and O–H groups in total. The Morgan fingerprint density at radius 2 is 2.22 bits per heavy atom. The van der Waals surface area contributed by atoms with E-state index >= 15 is 0 Å². The number of benzene rings is 1. The minimum Gasteiger partial charge on any atom is -0.492 e. The third kappa shape index (κ3) is 4.16. The number of pyridine rings is 1. The molecular formula is C19H19BrClN3O2S. The molecule has 0 spiro atoms. The molecule has 8 heteroatoms. The van der Waals surface area contributed by atoms with Crippen molar-refractivity contribution < 1.29 is 4.74 Å². The SMILES string of the molecule is O=c1cc(NCCCN[C@H]2CCOc3c(Br)cc(Cl)cc32)[nH]c2ccsc12. The van der Waals surface area contributed by atoms with Crippen LogP contribution in [0.2, 0.25) is 5.02 Å². The third-order valence-corrected chi connectivity index (χ3v) is 6.30. The van der Waals surface area contributed by atoms with Gasteiger partial charge in [-0.1, -0.05) is 11.6 Å². The molecule has 3 heterocycles. The monoisotopic (exact) mass is 467 g/mol. The quantitative estimate of drug-likeness (QED) is 0.449. The van der Waals surface area contributed by atoms with Crippen molar-refractivity contribution in [2.75, 3.05) is 25.0 Å². The van der Waals surface area contributed by atoms with E-state index in [1.807, 2.05) is 23.6 Å². The van der Waals surface area contributed by atoms with E-state index in [9.17, 15) is 4.79 Å². The van der Waals surface area contributed by atoms with Crippen molar-refractivity contribution in [3.05, 3.63) is 54.9 Å². The number of H-pyrrole nitrogens is 1. The maximum Gasteiger partial charge on any atom is 0.201 e. The predicted molar refractivity (Wildman–Crippen MR) is 116 cm³/mol. The molecule has 0 saturated carbocycles. The number of hydrogen-bond acceptors (Lipinski definition) is 5. The van der Waals surface area contributed by atoms with Gasteiger partial charge in [0.05, 0.1) is 21.3 Å². The standard InChI is InChI=1S/C19H19BrClN3O2S/c20-13-9-11(21)8-12-14(2-6-26-18(12)13)22-4-1-5-23-17-10-16(25)19-15(24-17)3-7-27-19/h3,7-10,14,22H,1-2,4-6H2,(H2,23,24,25)/t14-/m0/s1. The zero-order valence-electron chi connectivity index (χ0n) is 14.5. The molecule has 3 aromatic rings. The van der Waals surface area contributed by atoms with Crippen LogP contribution in [0.25, 0.3) is 10.2 Å². The topological polar surface area (TPSA) is 66.2 Å². The van der Waals surface area contributed by atoms with E-state index < -0.39 is 0 Å². The Morgan fingerprint density at radius 1 is 1.33 bits per heavy atom. The molecule has 4 rings (SSSR count). The summed E-state index contributed by atoms with van der Waals surface area (Å²) >= 11 is 11.2. The number of rotatable bonds is 6. The largest absolute Gasteiger partial charge is 0.492 e. The molecule has 5 nitrogen and oxygen atoms in total. The Labute approximate surface area is 174 Å². The lowest BCUT2D eigenvalue weighted by molar-refractivity contribution is 0.251. The van der Waals surface area contributed by atoms with Gasteiger partial charge in [-0.05, 0) is 52.5 Å². The van der Waals surface area contributed by atoms with E-state index in [-0.39, 0.29) is 11.5 Å². The van der Waals surface area contributed by atoms with Crippen molar-refractivity contribution in [2.45, 2.75) is 18.9 Å². The van der Waals surface area contributed by atoms with Crippen molar-refractivity contribution in [3.63, 3.8) is 0 Å². The molecule has 0 unspecified atom stereocenters. The molecule has 2 aromatic heterocycles. The lowest BCUT2D eigenvalue weighted by Crippen LogP contribution is -2.29. The number of anilines is 1. The molecule has 0 saturated heterocycles. The first-order valence-corrected chi connectivity index (χ1v) is 10.9. The molecule has 0 radical (unpaired) electrons.